The lowest BCUT2D eigenvalue weighted by Crippen LogP contribution is -2.20. The fourth-order valence-electron chi connectivity index (χ4n) is 1.79. The molecule has 0 saturated carbocycles. The van der Waals surface area contributed by atoms with Crippen molar-refractivity contribution < 1.29 is 22.9 Å². The largest absolute Gasteiger partial charge is 0.408 e. The average molecular weight is 394 g/mol. The van der Waals surface area contributed by atoms with Crippen LogP contribution in [-0.4, -0.2) is 42.8 Å². The van der Waals surface area contributed by atoms with Crippen LogP contribution in [0.4, 0.5) is 19.0 Å². The van der Waals surface area contributed by atoms with Crippen molar-refractivity contribution in [2.45, 2.75) is 25.7 Å². The SMILES string of the molecule is O=C(CCn1cc(Cl)c([N+](=O)[O-])n1)NN=Cc1ccn(CC(F)(F)F)n1. The van der Waals surface area contributed by atoms with Gasteiger partial charge in [-0.25, -0.2) is 5.43 Å². The summed E-state index contributed by atoms with van der Waals surface area (Å²) >= 11 is 5.62. The van der Waals surface area contributed by atoms with Crippen LogP contribution >= 0.6 is 11.6 Å². The molecule has 0 unspecified atom stereocenters. The number of nitro groups is 1. The van der Waals surface area contributed by atoms with E-state index in [1.165, 1.54) is 12.3 Å². The van der Waals surface area contributed by atoms with Crippen LogP contribution in [-0.2, 0) is 17.9 Å². The Balaban J connectivity index is 1.80. The Labute approximate surface area is 148 Å². The summed E-state index contributed by atoms with van der Waals surface area (Å²) in [5, 5.41) is 21.2. The van der Waals surface area contributed by atoms with E-state index in [1.54, 1.807) is 0 Å². The Bertz CT molecular complexity index is 830. The molecule has 1 N–H and O–H groups in total. The zero-order valence-corrected chi connectivity index (χ0v) is 13.6. The molecule has 1 amide bonds. The number of rotatable bonds is 7. The van der Waals surface area contributed by atoms with E-state index in [0.29, 0.717) is 4.68 Å². The maximum Gasteiger partial charge on any atom is 0.408 e. The van der Waals surface area contributed by atoms with Gasteiger partial charge in [0.1, 0.15) is 12.2 Å². The Hall–Kier alpha value is -2.96. The van der Waals surface area contributed by atoms with Gasteiger partial charge < -0.3 is 10.1 Å². The van der Waals surface area contributed by atoms with Crippen LogP contribution in [0.2, 0.25) is 5.02 Å². The highest BCUT2D eigenvalue weighted by atomic mass is 35.5. The Morgan fingerprint density at radius 1 is 1.42 bits per heavy atom. The molecule has 2 rings (SSSR count). The molecule has 0 atom stereocenters. The minimum atomic E-state index is -4.39. The Morgan fingerprint density at radius 2 is 2.15 bits per heavy atom. The second-order valence-electron chi connectivity index (χ2n) is 4.92. The average Bonchev–Trinajstić information content (AvgIpc) is 3.10. The summed E-state index contributed by atoms with van der Waals surface area (Å²) in [6.07, 6.45) is -1.07. The first-order valence-electron chi connectivity index (χ1n) is 6.93. The third-order valence-corrected chi connectivity index (χ3v) is 3.10. The van der Waals surface area contributed by atoms with Gasteiger partial charge >= 0.3 is 12.0 Å². The first-order chi connectivity index (χ1) is 12.1. The van der Waals surface area contributed by atoms with Gasteiger partial charge in [0.2, 0.25) is 5.91 Å². The zero-order chi connectivity index (χ0) is 19.3. The van der Waals surface area contributed by atoms with Crippen molar-refractivity contribution in [3.63, 3.8) is 0 Å². The number of carbonyl (C=O) groups is 1. The minimum Gasteiger partial charge on any atom is -0.358 e. The van der Waals surface area contributed by atoms with Crippen molar-refractivity contribution in [2.75, 3.05) is 0 Å². The van der Waals surface area contributed by atoms with Gasteiger partial charge in [0.15, 0.2) is 5.02 Å². The Morgan fingerprint density at radius 3 is 2.77 bits per heavy atom. The number of halogens is 4. The van der Waals surface area contributed by atoms with Crippen LogP contribution in [0.15, 0.2) is 23.6 Å². The minimum absolute atomic E-state index is 0.0229. The summed E-state index contributed by atoms with van der Waals surface area (Å²) in [5.74, 6) is -1.05. The molecule has 0 spiro atoms. The summed E-state index contributed by atoms with van der Waals surface area (Å²) in [6.45, 7) is -1.21. The monoisotopic (exact) mass is 393 g/mol. The van der Waals surface area contributed by atoms with Crippen LogP contribution in [0.3, 0.4) is 0 Å². The third-order valence-electron chi connectivity index (χ3n) is 2.83. The normalized spacial score (nSPS) is 11.8. The highest BCUT2D eigenvalue weighted by molar-refractivity contribution is 6.32. The van der Waals surface area contributed by atoms with Crippen molar-refractivity contribution in [3.8, 4) is 0 Å². The predicted octanol–water partition coefficient (Wildman–Crippen LogP) is 1.74. The molecule has 14 heteroatoms. The fourth-order valence-corrected chi connectivity index (χ4v) is 2.00. The molecular weight excluding hydrogens is 383 g/mol. The van der Waals surface area contributed by atoms with Crippen molar-refractivity contribution in [3.05, 3.63) is 39.3 Å². The molecule has 2 heterocycles. The third kappa shape index (κ3) is 5.84. The van der Waals surface area contributed by atoms with Gasteiger partial charge in [0.25, 0.3) is 0 Å². The van der Waals surface area contributed by atoms with E-state index < -0.39 is 29.4 Å². The summed E-state index contributed by atoms with van der Waals surface area (Å²) in [5.41, 5.74) is 2.28. The van der Waals surface area contributed by atoms with Gasteiger partial charge in [-0.3, -0.25) is 9.48 Å². The maximum atomic E-state index is 12.2. The van der Waals surface area contributed by atoms with Crippen molar-refractivity contribution in [1.82, 2.24) is 25.0 Å². The van der Waals surface area contributed by atoms with E-state index in [2.05, 4.69) is 20.7 Å². The van der Waals surface area contributed by atoms with Gasteiger partial charge in [-0.2, -0.15) is 28.1 Å². The summed E-state index contributed by atoms with van der Waals surface area (Å²) in [7, 11) is 0. The zero-order valence-electron chi connectivity index (χ0n) is 12.9. The van der Waals surface area contributed by atoms with Crippen LogP contribution in [0.5, 0.6) is 0 Å². The number of aryl methyl sites for hydroxylation is 1. The van der Waals surface area contributed by atoms with E-state index >= 15 is 0 Å². The molecule has 0 aliphatic heterocycles. The first-order valence-corrected chi connectivity index (χ1v) is 7.31. The van der Waals surface area contributed by atoms with Crippen molar-refractivity contribution in [1.29, 1.82) is 0 Å². The Kier molecular flexibility index (Phi) is 5.92. The molecule has 10 nitrogen and oxygen atoms in total. The molecule has 0 saturated heterocycles. The standard InChI is InChI=1S/C12H11ClF3N7O3/c13-9-6-21(20-11(9)23(25)26)4-2-10(24)18-17-5-8-1-3-22(19-8)7-12(14,15)16/h1,3,5-6H,2,4,7H2,(H,18,24). The van der Waals surface area contributed by atoms with E-state index in [0.717, 1.165) is 17.1 Å². The summed E-state index contributed by atoms with van der Waals surface area (Å²) in [4.78, 5) is 21.5. The first kappa shape index (κ1) is 19.4. The van der Waals surface area contributed by atoms with Crippen molar-refractivity contribution >= 4 is 29.5 Å². The number of hydrogen-bond donors (Lipinski definition) is 1. The van der Waals surface area contributed by atoms with Gasteiger partial charge in [-0.15, -0.1) is 0 Å². The molecule has 2 aromatic heterocycles. The van der Waals surface area contributed by atoms with Gasteiger partial charge in [-0.1, -0.05) is 11.6 Å². The fraction of sp³-hybridized carbons (Fsp3) is 0.333. The topological polar surface area (TPSA) is 120 Å². The molecule has 0 aliphatic carbocycles. The summed E-state index contributed by atoms with van der Waals surface area (Å²) in [6, 6.07) is 1.30. The van der Waals surface area contributed by atoms with Crippen LogP contribution in [0.1, 0.15) is 12.1 Å². The van der Waals surface area contributed by atoms with Gasteiger partial charge in [0, 0.05) is 12.6 Å². The van der Waals surface area contributed by atoms with E-state index in [1.807, 2.05) is 0 Å². The van der Waals surface area contributed by atoms with Gasteiger partial charge in [0.05, 0.1) is 24.1 Å². The highest BCUT2D eigenvalue weighted by Gasteiger charge is 2.28. The molecule has 0 bridgehead atoms. The second-order valence-corrected chi connectivity index (χ2v) is 5.32. The molecule has 2 aromatic rings. The number of alkyl halides is 3. The number of carbonyl (C=O) groups excluding carboxylic acids is 1. The maximum absolute atomic E-state index is 12.2. The molecular formula is C12H11ClF3N7O3. The predicted molar refractivity (Wildman–Crippen MR) is 82.5 cm³/mol. The van der Waals surface area contributed by atoms with E-state index in [4.69, 9.17) is 11.6 Å². The van der Waals surface area contributed by atoms with E-state index in [9.17, 15) is 28.1 Å². The smallest absolute Gasteiger partial charge is 0.358 e. The molecule has 140 valence electrons. The molecule has 26 heavy (non-hydrogen) atoms. The number of nitrogens with one attached hydrogen (secondary N) is 1. The van der Waals surface area contributed by atoms with Crippen LogP contribution < -0.4 is 5.43 Å². The van der Waals surface area contributed by atoms with Crippen LogP contribution in [0.25, 0.3) is 0 Å². The van der Waals surface area contributed by atoms with Crippen molar-refractivity contribution in [2.24, 2.45) is 5.10 Å². The molecule has 0 aliphatic rings. The van der Waals surface area contributed by atoms with Gasteiger partial charge in [-0.05, 0) is 11.0 Å². The lowest BCUT2D eigenvalue weighted by atomic mass is 10.4. The molecule has 0 fully saturated rings. The number of aromatic nitrogens is 4. The number of amides is 1. The lowest BCUT2D eigenvalue weighted by Gasteiger charge is -2.04. The lowest BCUT2D eigenvalue weighted by molar-refractivity contribution is -0.389. The second kappa shape index (κ2) is 7.95. The summed E-state index contributed by atoms with van der Waals surface area (Å²) < 4.78 is 38.4. The number of nitrogens with zero attached hydrogens (tertiary/aromatic N) is 6. The molecule has 0 radical (unpaired) electrons. The van der Waals surface area contributed by atoms with E-state index in [-0.39, 0.29) is 23.7 Å². The number of hydrazone groups is 1. The number of hydrogen-bond acceptors (Lipinski definition) is 6. The quantitative estimate of drug-likeness (QED) is 0.436. The highest BCUT2D eigenvalue weighted by Crippen LogP contribution is 2.21. The molecule has 0 aromatic carbocycles. The van der Waals surface area contributed by atoms with Crippen LogP contribution in [0, 0.1) is 10.1 Å².